The minimum Gasteiger partial charge on any atom is -0.353 e. The van der Waals surface area contributed by atoms with E-state index in [0.717, 1.165) is 19.5 Å². The molecule has 0 bridgehead atoms. The first-order chi connectivity index (χ1) is 9.66. The number of amides is 1. The highest BCUT2D eigenvalue weighted by molar-refractivity contribution is 8.00. The Morgan fingerprint density at radius 1 is 1.43 bits per heavy atom. The van der Waals surface area contributed by atoms with Gasteiger partial charge in [0.1, 0.15) is 0 Å². The molecular weight excluding hydrogens is 304 g/mol. The zero-order valence-electron chi connectivity index (χ0n) is 12.4. The van der Waals surface area contributed by atoms with Crippen molar-refractivity contribution < 1.29 is 4.79 Å². The molecule has 3 nitrogen and oxygen atoms in total. The largest absolute Gasteiger partial charge is 0.353 e. The number of thioether (sulfide) groups is 1. The number of carbonyl (C=O) groups is 1. The zero-order valence-corrected chi connectivity index (χ0v) is 14.0. The fourth-order valence-electron chi connectivity index (χ4n) is 3.01. The standard InChI is InChI=1S/C16H22N2OS.ClH/c1-16(7-4-8-20-16)11-18-15(19)14-9-12-5-2-3-6-13(12)10-17-14;/h2-3,5-6,14,17H,4,7-11H2,1H3,(H,18,19);1H. The Bertz CT molecular complexity index is 503. The van der Waals surface area contributed by atoms with Gasteiger partial charge >= 0.3 is 0 Å². The quantitative estimate of drug-likeness (QED) is 0.897. The van der Waals surface area contributed by atoms with Crippen LogP contribution in [-0.4, -0.2) is 29.0 Å². The molecule has 0 aromatic heterocycles. The molecule has 0 saturated carbocycles. The van der Waals surface area contributed by atoms with Crippen LogP contribution < -0.4 is 10.6 Å². The minimum atomic E-state index is -0.0834. The van der Waals surface area contributed by atoms with Gasteiger partial charge in [-0.05, 0) is 43.1 Å². The first kappa shape index (κ1) is 16.7. The Balaban J connectivity index is 0.00000161. The molecule has 0 spiro atoms. The molecule has 1 aromatic rings. The first-order valence-electron chi connectivity index (χ1n) is 7.38. The van der Waals surface area contributed by atoms with E-state index in [0.29, 0.717) is 0 Å². The summed E-state index contributed by atoms with van der Waals surface area (Å²) >= 11 is 1.99. The van der Waals surface area contributed by atoms with E-state index in [1.54, 1.807) is 0 Å². The second-order valence-corrected chi connectivity index (χ2v) is 7.71. The summed E-state index contributed by atoms with van der Waals surface area (Å²) in [6.45, 7) is 3.84. The van der Waals surface area contributed by atoms with Crippen molar-refractivity contribution in [2.24, 2.45) is 0 Å². The average molecular weight is 327 g/mol. The third kappa shape index (κ3) is 3.93. The molecule has 116 valence electrons. The van der Waals surface area contributed by atoms with Gasteiger partial charge in [-0.2, -0.15) is 11.8 Å². The van der Waals surface area contributed by atoms with E-state index in [4.69, 9.17) is 0 Å². The number of nitrogens with one attached hydrogen (secondary N) is 2. The summed E-state index contributed by atoms with van der Waals surface area (Å²) in [7, 11) is 0. The second kappa shape index (κ2) is 7.03. The lowest BCUT2D eigenvalue weighted by Gasteiger charge is -2.28. The van der Waals surface area contributed by atoms with E-state index < -0.39 is 0 Å². The number of carbonyl (C=O) groups excluding carboxylic acids is 1. The molecule has 2 unspecified atom stereocenters. The summed E-state index contributed by atoms with van der Waals surface area (Å²) in [5.41, 5.74) is 2.61. The van der Waals surface area contributed by atoms with Gasteiger partial charge in [0.25, 0.3) is 0 Å². The third-order valence-corrected chi connectivity index (χ3v) is 5.87. The predicted molar refractivity (Wildman–Crippen MR) is 91.1 cm³/mol. The van der Waals surface area contributed by atoms with E-state index in [1.807, 2.05) is 11.8 Å². The monoisotopic (exact) mass is 326 g/mol. The summed E-state index contributed by atoms with van der Waals surface area (Å²) < 4.78 is 0.238. The molecular formula is C16H23ClN2OS. The molecule has 1 saturated heterocycles. The fraction of sp³-hybridized carbons (Fsp3) is 0.562. The lowest BCUT2D eigenvalue weighted by molar-refractivity contribution is -0.123. The second-order valence-electron chi connectivity index (χ2n) is 6.03. The number of hydrogen-bond acceptors (Lipinski definition) is 3. The van der Waals surface area contributed by atoms with Gasteiger partial charge in [0.2, 0.25) is 5.91 Å². The van der Waals surface area contributed by atoms with Crippen molar-refractivity contribution in [1.29, 1.82) is 0 Å². The van der Waals surface area contributed by atoms with Crippen LogP contribution in [0.15, 0.2) is 24.3 Å². The molecule has 21 heavy (non-hydrogen) atoms. The molecule has 5 heteroatoms. The van der Waals surface area contributed by atoms with E-state index in [9.17, 15) is 4.79 Å². The smallest absolute Gasteiger partial charge is 0.237 e. The van der Waals surface area contributed by atoms with Gasteiger partial charge < -0.3 is 10.6 Å². The first-order valence-corrected chi connectivity index (χ1v) is 8.37. The molecule has 2 N–H and O–H groups in total. The maximum Gasteiger partial charge on any atom is 0.237 e. The molecule has 0 radical (unpaired) electrons. The summed E-state index contributed by atoms with van der Waals surface area (Å²) in [5.74, 6) is 1.37. The van der Waals surface area contributed by atoms with Gasteiger partial charge in [-0.25, -0.2) is 0 Å². The molecule has 2 heterocycles. The van der Waals surface area contributed by atoms with E-state index in [2.05, 4.69) is 41.8 Å². The number of fused-ring (bicyclic) bond motifs is 1. The van der Waals surface area contributed by atoms with Crippen LogP contribution in [-0.2, 0) is 17.8 Å². The van der Waals surface area contributed by atoms with Gasteiger partial charge in [-0.15, -0.1) is 12.4 Å². The van der Waals surface area contributed by atoms with Crippen LogP contribution in [0.3, 0.4) is 0 Å². The van der Waals surface area contributed by atoms with E-state index in [-0.39, 0.29) is 29.1 Å². The van der Waals surface area contributed by atoms with Gasteiger partial charge in [0, 0.05) is 17.8 Å². The van der Waals surface area contributed by atoms with Crippen molar-refractivity contribution in [3.8, 4) is 0 Å². The molecule has 1 amide bonds. The predicted octanol–water partition coefficient (Wildman–Crippen LogP) is 2.52. The van der Waals surface area contributed by atoms with Gasteiger partial charge in [0.05, 0.1) is 6.04 Å². The molecule has 1 aromatic carbocycles. The molecule has 2 atom stereocenters. The lowest BCUT2D eigenvalue weighted by atomic mass is 9.95. The van der Waals surface area contributed by atoms with Crippen LogP contribution in [0.1, 0.15) is 30.9 Å². The van der Waals surface area contributed by atoms with Crippen molar-refractivity contribution in [3.63, 3.8) is 0 Å². The number of hydrogen-bond donors (Lipinski definition) is 2. The third-order valence-electron chi connectivity index (χ3n) is 4.33. The molecule has 2 aliphatic rings. The van der Waals surface area contributed by atoms with Crippen LogP contribution >= 0.6 is 24.2 Å². The van der Waals surface area contributed by atoms with Crippen molar-refractivity contribution >= 4 is 30.1 Å². The fourth-order valence-corrected chi connectivity index (χ4v) is 4.26. The Morgan fingerprint density at radius 3 is 2.90 bits per heavy atom. The van der Waals surface area contributed by atoms with Crippen LogP contribution in [0.2, 0.25) is 0 Å². The highest BCUT2D eigenvalue weighted by Gasteiger charge is 2.31. The summed E-state index contributed by atoms with van der Waals surface area (Å²) in [6, 6.07) is 8.28. The Kier molecular flexibility index (Phi) is 5.58. The lowest BCUT2D eigenvalue weighted by Crippen LogP contribution is -2.50. The molecule has 1 fully saturated rings. The zero-order chi connectivity index (χ0) is 14.0. The Hall–Kier alpha value is -0.710. The van der Waals surface area contributed by atoms with Crippen LogP contribution in [0.25, 0.3) is 0 Å². The highest BCUT2D eigenvalue weighted by atomic mass is 35.5. The van der Waals surface area contributed by atoms with Crippen molar-refractivity contribution in [3.05, 3.63) is 35.4 Å². The van der Waals surface area contributed by atoms with Crippen molar-refractivity contribution in [2.45, 2.75) is 43.5 Å². The van der Waals surface area contributed by atoms with Crippen molar-refractivity contribution in [1.82, 2.24) is 10.6 Å². The molecule has 3 rings (SSSR count). The van der Waals surface area contributed by atoms with Crippen LogP contribution in [0, 0.1) is 0 Å². The number of benzene rings is 1. The highest BCUT2D eigenvalue weighted by Crippen LogP contribution is 2.36. The van der Waals surface area contributed by atoms with Crippen LogP contribution in [0.5, 0.6) is 0 Å². The Labute approximate surface area is 137 Å². The van der Waals surface area contributed by atoms with Crippen molar-refractivity contribution in [2.75, 3.05) is 12.3 Å². The normalized spacial score (nSPS) is 27.6. The molecule has 0 aliphatic carbocycles. The maximum absolute atomic E-state index is 12.3. The van der Waals surface area contributed by atoms with E-state index >= 15 is 0 Å². The SMILES string of the molecule is CC1(CNC(=O)C2Cc3ccccc3CN2)CCCS1.Cl. The topological polar surface area (TPSA) is 41.1 Å². The summed E-state index contributed by atoms with van der Waals surface area (Å²) in [5, 5.41) is 6.49. The van der Waals surface area contributed by atoms with E-state index in [1.165, 1.54) is 29.7 Å². The number of halogens is 1. The van der Waals surface area contributed by atoms with Gasteiger partial charge in [0.15, 0.2) is 0 Å². The van der Waals surface area contributed by atoms with Crippen LogP contribution in [0.4, 0.5) is 0 Å². The molecule has 2 aliphatic heterocycles. The average Bonchev–Trinajstić information content (AvgIpc) is 2.91. The summed E-state index contributed by atoms with van der Waals surface area (Å²) in [4.78, 5) is 12.3. The summed E-state index contributed by atoms with van der Waals surface area (Å²) in [6.07, 6.45) is 3.27. The van der Waals surface area contributed by atoms with Gasteiger partial charge in [-0.1, -0.05) is 24.3 Å². The van der Waals surface area contributed by atoms with Gasteiger partial charge in [-0.3, -0.25) is 4.79 Å². The Morgan fingerprint density at radius 2 is 2.19 bits per heavy atom. The number of rotatable bonds is 3. The maximum atomic E-state index is 12.3. The minimum absolute atomic E-state index is 0.